The third-order valence-corrected chi connectivity index (χ3v) is 5.97. The number of pyridine rings is 1. The highest BCUT2D eigenvalue weighted by molar-refractivity contribution is 6.33. The van der Waals surface area contributed by atoms with E-state index in [2.05, 4.69) is 5.32 Å². The van der Waals surface area contributed by atoms with Gasteiger partial charge in [0.2, 0.25) is 0 Å². The van der Waals surface area contributed by atoms with Gasteiger partial charge in [-0.3, -0.25) is 19.9 Å². The lowest BCUT2D eigenvalue weighted by Gasteiger charge is -2.18. The van der Waals surface area contributed by atoms with E-state index >= 15 is 0 Å². The van der Waals surface area contributed by atoms with Crippen molar-refractivity contribution in [2.45, 2.75) is 38.5 Å². The molecule has 1 amide bonds. The summed E-state index contributed by atoms with van der Waals surface area (Å²) in [6, 6.07) is 11.1. The number of fused-ring (bicyclic) bond motifs is 2. The number of benzene rings is 2. The monoisotopic (exact) mass is 467 g/mol. The third-order valence-electron chi connectivity index (χ3n) is 5.64. The maximum Gasteiger partial charge on any atom is 0.339 e. The summed E-state index contributed by atoms with van der Waals surface area (Å²) >= 11 is 6.03. The summed E-state index contributed by atoms with van der Waals surface area (Å²) in [6.45, 7) is -0.552. The largest absolute Gasteiger partial charge is 0.452 e. The molecule has 8 nitrogen and oxygen atoms in total. The number of hydrogen-bond donors (Lipinski definition) is 1. The molecule has 1 N–H and O–H groups in total. The summed E-state index contributed by atoms with van der Waals surface area (Å²) in [5, 5.41) is 14.3. The van der Waals surface area contributed by atoms with Gasteiger partial charge < -0.3 is 10.1 Å². The number of ether oxygens (including phenoxy) is 1. The zero-order valence-corrected chi connectivity index (χ0v) is 18.6. The Morgan fingerprint density at radius 2 is 1.85 bits per heavy atom. The van der Waals surface area contributed by atoms with Crippen molar-refractivity contribution >= 4 is 45.8 Å². The number of nitrogens with zero attached hydrogens (tertiary/aromatic N) is 2. The zero-order valence-electron chi connectivity index (χ0n) is 17.8. The van der Waals surface area contributed by atoms with Crippen molar-refractivity contribution in [3.8, 4) is 0 Å². The maximum absolute atomic E-state index is 13.2. The molecule has 2 aromatic carbocycles. The molecule has 1 aromatic heterocycles. The molecule has 4 rings (SSSR count). The normalized spacial score (nSPS) is 13.5. The number of rotatable bonds is 5. The lowest BCUT2D eigenvalue weighted by Crippen LogP contribution is -2.22. The van der Waals surface area contributed by atoms with Crippen molar-refractivity contribution in [2.75, 3.05) is 11.9 Å². The van der Waals surface area contributed by atoms with E-state index in [4.69, 9.17) is 21.3 Å². The molecular weight excluding hydrogens is 446 g/mol. The lowest BCUT2D eigenvalue weighted by molar-refractivity contribution is -0.384. The molecule has 0 spiro atoms. The van der Waals surface area contributed by atoms with Crippen LogP contribution in [0, 0.1) is 10.1 Å². The molecule has 0 fully saturated rings. The fourth-order valence-electron chi connectivity index (χ4n) is 4.07. The summed E-state index contributed by atoms with van der Waals surface area (Å²) in [4.78, 5) is 40.7. The minimum absolute atomic E-state index is 0.0754. The molecule has 0 saturated heterocycles. The number of carbonyl (C=O) groups is 2. The first-order valence-corrected chi connectivity index (χ1v) is 11.1. The van der Waals surface area contributed by atoms with E-state index in [-0.39, 0.29) is 16.4 Å². The molecule has 1 aliphatic carbocycles. The van der Waals surface area contributed by atoms with Crippen molar-refractivity contribution in [2.24, 2.45) is 0 Å². The molecule has 1 heterocycles. The Kier molecular flexibility index (Phi) is 6.84. The van der Waals surface area contributed by atoms with Crippen molar-refractivity contribution in [3.63, 3.8) is 0 Å². The molecule has 170 valence electrons. The molecule has 3 aromatic rings. The smallest absolute Gasteiger partial charge is 0.339 e. The Labute approximate surface area is 195 Å². The number of nitro groups is 1. The lowest BCUT2D eigenvalue weighted by atomic mass is 9.91. The number of anilines is 1. The number of non-ortho nitro benzene ring substituents is 1. The van der Waals surface area contributed by atoms with Crippen LogP contribution < -0.4 is 5.32 Å². The first kappa shape index (κ1) is 22.7. The second-order valence-electron chi connectivity index (χ2n) is 7.89. The molecule has 1 aliphatic rings. The van der Waals surface area contributed by atoms with Crippen molar-refractivity contribution in [1.29, 1.82) is 0 Å². The van der Waals surface area contributed by atoms with Crippen LogP contribution in [0.3, 0.4) is 0 Å². The van der Waals surface area contributed by atoms with Gasteiger partial charge in [-0.2, -0.15) is 0 Å². The van der Waals surface area contributed by atoms with E-state index in [1.165, 1.54) is 12.1 Å². The van der Waals surface area contributed by atoms with Crippen molar-refractivity contribution < 1.29 is 19.2 Å². The first-order chi connectivity index (χ1) is 15.9. The van der Waals surface area contributed by atoms with Crippen LogP contribution in [0.25, 0.3) is 10.9 Å². The van der Waals surface area contributed by atoms with Crippen LogP contribution in [-0.4, -0.2) is 28.4 Å². The van der Waals surface area contributed by atoms with Gasteiger partial charge in [0.15, 0.2) is 6.61 Å². The van der Waals surface area contributed by atoms with E-state index < -0.39 is 23.4 Å². The van der Waals surface area contributed by atoms with Gasteiger partial charge >= 0.3 is 5.97 Å². The number of carbonyl (C=O) groups excluding carboxylic acids is 2. The van der Waals surface area contributed by atoms with Crippen LogP contribution >= 0.6 is 11.6 Å². The number of nitro benzene ring substituents is 1. The zero-order chi connectivity index (χ0) is 23.4. The number of amides is 1. The average Bonchev–Trinajstić information content (AvgIpc) is 2.78. The van der Waals surface area contributed by atoms with E-state index in [1.807, 2.05) is 24.3 Å². The third kappa shape index (κ3) is 5.12. The molecule has 0 aliphatic heterocycles. The van der Waals surface area contributed by atoms with E-state index in [1.54, 1.807) is 0 Å². The van der Waals surface area contributed by atoms with Crippen LogP contribution in [0.5, 0.6) is 0 Å². The molecule has 33 heavy (non-hydrogen) atoms. The Bertz CT molecular complexity index is 1240. The molecule has 0 atom stereocenters. The molecule has 0 radical (unpaired) electrons. The number of nitrogens with one attached hydrogen (secondary N) is 1. The Balaban J connectivity index is 1.56. The molecule has 0 bridgehead atoms. The number of halogens is 1. The van der Waals surface area contributed by atoms with Gasteiger partial charge in [-0.05, 0) is 43.4 Å². The standard InChI is InChI=1S/C24H22ClN3O5/c25-18-12-11-15(28(31)32)13-21(18)27-22(29)14-33-24(30)23-16-7-3-1-2-4-9-19(16)26-20-10-6-5-8-17(20)23/h5-6,8,10-13H,1-4,7,9,14H2,(H,27,29). The molecular formula is C24H22ClN3O5. The number of esters is 1. The Morgan fingerprint density at radius 3 is 2.64 bits per heavy atom. The van der Waals surface area contributed by atoms with Crippen LogP contribution in [0.1, 0.15) is 47.3 Å². The summed E-state index contributed by atoms with van der Waals surface area (Å²) in [6.07, 6.45) is 5.72. The highest BCUT2D eigenvalue weighted by Crippen LogP contribution is 2.29. The quantitative estimate of drug-likeness (QED) is 0.311. The van der Waals surface area contributed by atoms with Crippen molar-refractivity contribution in [3.05, 3.63) is 74.4 Å². The Hall–Kier alpha value is -3.52. The highest BCUT2D eigenvalue weighted by atomic mass is 35.5. The van der Waals surface area contributed by atoms with Crippen LogP contribution in [-0.2, 0) is 22.4 Å². The SMILES string of the molecule is O=C(COC(=O)c1c2c(nc3ccccc13)CCCCCC2)Nc1cc([N+](=O)[O-])ccc1Cl. The van der Waals surface area contributed by atoms with Gasteiger partial charge in [-0.1, -0.05) is 42.6 Å². The number of aromatic nitrogens is 1. The second-order valence-corrected chi connectivity index (χ2v) is 8.30. The minimum atomic E-state index is -0.646. The minimum Gasteiger partial charge on any atom is -0.452 e. The van der Waals surface area contributed by atoms with Gasteiger partial charge in [0, 0.05) is 23.2 Å². The van der Waals surface area contributed by atoms with Gasteiger partial charge in [-0.15, -0.1) is 0 Å². The number of hydrogen-bond acceptors (Lipinski definition) is 6. The van der Waals surface area contributed by atoms with Crippen molar-refractivity contribution in [1.82, 2.24) is 4.98 Å². The molecule has 0 saturated carbocycles. The summed E-state index contributed by atoms with van der Waals surface area (Å²) in [7, 11) is 0. The fraction of sp³-hybridized carbons (Fsp3) is 0.292. The average molecular weight is 468 g/mol. The van der Waals surface area contributed by atoms with Gasteiger partial charge in [0.05, 0.1) is 26.7 Å². The predicted molar refractivity (Wildman–Crippen MR) is 125 cm³/mol. The fourth-order valence-corrected chi connectivity index (χ4v) is 4.24. The topological polar surface area (TPSA) is 111 Å². The van der Waals surface area contributed by atoms with Crippen LogP contribution in [0.15, 0.2) is 42.5 Å². The summed E-state index contributed by atoms with van der Waals surface area (Å²) in [5.74, 6) is -1.24. The van der Waals surface area contributed by atoms with Gasteiger partial charge in [0.1, 0.15) is 0 Å². The second kappa shape index (κ2) is 9.95. The molecule has 0 unspecified atom stereocenters. The number of aryl methyl sites for hydroxylation is 1. The van der Waals surface area contributed by atoms with Gasteiger partial charge in [0.25, 0.3) is 11.6 Å². The molecule has 9 heteroatoms. The summed E-state index contributed by atoms with van der Waals surface area (Å²) in [5.41, 5.74) is 2.84. The van der Waals surface area contributed by atoms with E-state index in [9.17, 15) is 19.7 Å². The van der Waals surface area contributed by atoms with Crippen LogP contribution in [0.2, 0.25) is 5.02 Å². The van der Waals surface area contributed by atoms with E-state index in [0.29, 0.717) is 10.9 Å². The summed E-state index contributed by atoms with van der Waals surface area (Å²) < 4.78 is 5.37. The number of para-hydroxylation sites is 1. The first-order valence-electron chi connectivity index (χ1n) is 10.8. The maximum atomic E-state index is 13.2. The highest BCUT2D eigenvalue weighted by Gasteiger charge is 2.23. The van der Waals surface area contributed by atoms with Gasteiger partial charge in [-0.25, -0.2) is 4.79 Å². The predicted octanol–water partition coefficient (Wildman–Crippen LogP) is 5.25. The Morgan fingerprint density at radius 1 is 1.09 bits per heavy atom. The van der Waals surface area contributed by atoms with Crippen LogP contribution in [0.4, 0.5) is 11.4 Å². The van der Waals surface area contributed by atoms with E-state index in [0.717, 1.165) is 61.4 Å².